The van der Waals surface area contributed by atoms with E-state index < -0.39 is 29.6 Å². The van der Waals surface area contributed by atoms with Gasteiger partial charge in [0.05, 0.1) is 6.04 Å². The number of nitrogens with zero attached hydrogens (tertiary/aromatic N) is 2. The van der Waals surface area contributed by atoms with E-state index in [1.54, 1.807) is 23.6 Å². The van der Waals surface area contributed by atoms with E-state index in [0.717, 1.165) is 19.3 Å². The van der Waals surface area contributed by atoms with Crippen molar-refractivity contribution in [3.8, 4) is 0 Å². The van der Waals surface area contributed by atoms with E-state index in [0.29, 0.717) is 32.0 Å². The SMILES string of the molecule is CC(C)C(=O)N[C@H](C(=O)N1CC2C(C1C(=O)NC(CC1CC1)C(O)C(=O)N1CCC1)C2(C)C)C(C)(C)C. The fraction of sp³-hybridized carbons (Fsp3) is 0.857. The fourth-order valence-electron chi connectivity index (χ4n) is 6.08. The van der Waals surface area contributed by atoms with Gasteiger partial charge in [0.1, 0.15) is 12.1 Å². The number of rotatable bonds is 9. The quantitative estimate of drug-likeness (QED) is 0.428. The molecule has 0 aromatic rings. The smallest absolute Gasteiger partial charge is 0.253 e. The summed E-state index contributed by atoms with van der Waals surface area (Å²) in [5, 5.41) is 16.9. The van der Waals surface area contributed by atoms with Crippen LogP contribution in [0.25, 0.3) is 0 Å². The average Bonchev–Trinajstić information content (AvgIpc) is 3.61. The molecule has 0 spiro atoms. The van der Waals surface area contributed by atoms with Crippen molar-refractivity contribution in [3.63, 3.8) is 0 Å². The Morgan fingerprint density at radius 1 is 1.03 bits per heavy atom. The molecule has 0 radical (unpaired) electrons. The van der Waals surface area contributed by atoms with Crippen molar-refractivity contribution in [2.75, 3.05) is 19.6 Å². The van der Waals surface area contributed by atoms with E-state index >= 15 is 0 Å². The van der Waals surface area contributed by atoms with Crippen LogP contribution in [0.15, 0.2) is 0 Å². The molecule has 6 atom stereocenters. The molecular formula is C28H46N4O5. The number of likely N-dealkylation sites (tertiary alicyclic amines) is 2. The zero-order valence-electron chi connectivity index (χ0n) is 23.5. The average molecular weight is 519 g/mol. The Morgan fingerprint density at radius 2 is 1.65 bits per heavy atom. The van der Waals surface area contributed by atoms with Crippen LogP contribution in [0, 0.1) is 34.5 Å². The first kappa shape index (κ1) is 27.9. The number of fused-ring (bicyclic) bond motifs is 1. The summed E-state index contributed by atoms with van der Waals surface area (Å²) in [4.78, 5) is 56.4. The maximum atomic E-state index is 13.9. The molecule has 4 rings (SSSR count). The van der Waals surface area contributed by atoms with Gasteiger partial charge in [0.25, 0.3) is 5.91 Å². The van der Waals surface area contributed by atoms with Crippen LogP contribution in [-0.4, -0.2) is 82.4 Å². The van der Waals surface area contributed by atoms with Gasteiger partial charge in [0, 0.05) is 25.6 Å². The highest BCUT2D eigenvalue weighted by Gasteiger charge is 2.70. The van der Waals surface area contributed by atoms with Crippen molar-refractivity contribution >= 4 is 23.6 Å². The molecule has 2 aliphatic carbocycles. The molecule has 2 saturated carbocycles. The summed E-state index contributed by atoms with van der Waals surface area (Å²) in [7, 11) is 0. The lowest BCUT2D eigenvalue weighted by atomic mass is 9.84. The predicted molar refractivity (Wildman–Crippen MR) is 139 cm³/mol. The molecule has 4 amide bonds. The van der Waals surface area contributed by atoms with Gasteiger partial charge in [-0.1, -0.05) is 61.3 Å². The lowest BCUT2D eigenvalue weighted by Gasteiger charge is -2.39. The van der Waals surface area contributed by atoms with Crippen LogP contribution in [0.2, 0.25) is 0 Å². The van der Waals surface area contributed by atoms with Crippen LogP contribution in [0.1, 0.15) is 74.1 Å². The molecule has 37 heavy (non-hydrogen) atoms. The van der Waals surface area contributed by atoms with E-state index in [9.17, 15) is 24.3 Å². The highest BCUT2D eigenvalue weighted by molar-refractivity contribution is 5.94. The van der Waals surface area contributed by atoms with Crippen LogP contribution < -0.4 is 10.6 Å². The van der Waals surface area contributed by atoms with E-state index in [1.807, 2.05) is 20.8 Å². The first-order valence-corrected chi connectivity index (χ1v) is 14.0. The Bertz CT molecular complexity index is 933. The minimum absolute atomic E-state index is 0.00247. The predicted octanol–water partition coefficient (Wildman–Crippen LogP) is 1.53. The van der Waals surface area contributed by atoms with E-state index in [2.05, 4.69) is 24.5 Å². The second-order valence-corrected chi connectivity index (χ2v) is 13.8. The summed E-state index contributed by atoms with van der Waals surface area (Å²) in [5.41, 5.74) is -0.617. The molecule has 4 aliphatic rings. The zero-order chi connectivity index (χ0) is 27.4. The number of nitrogens with one attached hydrogen (secondary N) is 2. The number of carbonyl (C=O) groups is 4. The van der Waals surface area contributed by atoms with Crippen LogP contribution >= 0.6 is 0 Å². The molecule has 2 saturated heterocycles. The Hall–Kier alpha value is -2.16. The first-order chi connectivity index (χ1) is 17.1. The Kier molecular flexibility index (Phi) is 7.42. The minimum Gasteiger partial charge on any atom is -0.381 e. The highest BCUT2D eigenvalue weighted by atomic mass is 16.3. The topological polar surface area (TPSA) is 119 Å². The van der Waals surface area contributed by atoms with Gasteiger partial charge in [0.2, 0.25) is 17.7 Å². The van der Waals surface area contributed by atoms with Gasteiger partial charge in [-0.05, 0) is 41.4 Å². The minimum atomic E-state index is -1.29. The number of aliphatic hydroxyl groups excluding tert-OH is 1. The second-order valence-electron chi connectivity index (χ2n) is 13.8. The maximum Gasteiger partial charge on any atom is 0.253 e. The Balaban J connectivity index is 1.54. The maximum absolute atomic E-state index is 13.9. The van der Waals surface area contributed by atoms with E-state index in [4.69, 9.17) is 0 Å². The monoisotopic (exact) mass is 518 g/mol. The van der Waals surface area contributed by atoms with Gasteiger partial charge in [-0.2, -0.15) is 0 Å². The molecule has 2 aliphatic heterocycles. The van der Waals surface area contributed by atoms with Gasteiger partial charge in [-0.15, -0.1) is 0 Å². The second kappa shape index (κ2) is 9.86. The Labute approximate surface area is 221 Å². The van der Waals surface area contributed by atoms with Gasteiger partial charge in [0.15, 0.2) is 6.10 Å². The van der Waals surface area contributed by atoms with E-state index in [1.165, 1.54) is 0 Å². The van der Waals surface area contributed by atoms with Crippen molar-refractivity contribution < 1.29 is 24.3 Å². The lowest BCUT2D eigenvalue weighted by molar-refractivity contribution is -0.148. The van der Waals surface area contributed by atoms with Gasteiger partial charge >= 0.3 is 0 Å². The normalized spacial score (nSPS) is 28.6. The molecule has 9 nitrogen and oxygen atoms in total. The molecular weight excluding hydrogens is 472 g/mol. The van der Waals surface area contributed by atoms with Crippen molar-refractivity contribution in [1.29, 1.82) is 0 Å². The molecule has 0 bridgehead atoms. The van der Waals surface area contributed by atoms with Crippen LogP contribution in [0.5, 0.6) is 0 Å². The Morgan fingerprint density at radius 3 is 2.14 bits per heavy atom. The summed E-state index contributed by atoms with van der Waals surface area (Å²) in [6, 6.07) is -2.13. The molecule has 4 fully saturated rings. The third-order valence-electron chi connectivity index (χ3n) is 9.10. The molecule has 2 heterocycles. The number of hydrogen-bond acceptors (Lipinski definition) is 5. The van der Waals surface area contributed by atoms with Gasteiger partial charge in [-0.25, -0.2) is 0 Å². The molecule has 208 valence electrons. The first-order valence-electron chi connectivity index (χ1n) is 14.0. The van der Waals surface area contributed by atoms with Crippen molar-refractivity contribution in [2.45, 2.75) is 98.4 Å². The molecule has 3 N–H and O–H groups in total. The summed E-state index contributed by atoms with van der Waals surface area (Å²) in [6.45, 7) is 15.3. The standard InChI is InChI=1S/C28H46N4O5/c1-15(2)23(34)30-22(27(3,4)5)26(37)32-14-17-19(28(17,6)7)20(32)24(35)29-18(13-16-9-10-16)21(33)25(36)31-11-8-12-31/h15-22,33H,8-14H2,1-7H3,(H,29,35)(H,30,34)/t17?,18?,19?,20?,21?,22-/m1/s1. The molecule has 0 aromatic heterocycles. The number of carbonyl (C=O) groups excluding carboxylic acids is 4. The summed E-state index contributed by atoms with van der Waals surface area (Å²) in [6.07, 6.45) is 2.26. The molecule has 5 unspecified atom stereocenters. The van der Waals surface area contributed by atoms with Gasteiger partial charge in [-0.3, -0.25) is 19.2 Å². The van der Waals surface area contributed by atoms with E-state index in [-0.39, 0.29) is 46.8 Å². The van der Waals surface area contributed by atoms with Gasteiger partial charge < -0.3 is 25.5 Å². The summed E-state index contributed by atoms with van der Waals surface area (Å²) >= 11 is 0. The van der Waals surface area contributed by atoms with Crippen LogP contribution in [-0.2, 0) is 19.2 Å². The highest BCUT2D eigenvalue weighted by Crippen LogP contribution is 2.65. The number of aliphatic hydroxyl groups is 1. The van der Waals surface area contributed by atoms with Crippen molar-refractivity contribution in [1.82, 2.24) is 20.4 Å². The largest absolute Gasteiger partial charge is 0.381 e. The van der Waals surface area contributed by atoms with Crippen LogP contribution in [0.3, 0.4) is 0 Å². The number of piperidine rings is 1. The number of amides is 4. The molecule has 9 heteroatoms. The van der Waals surface area contributed by atoms with Crippen LogP contribution in [0.4, 0.5) is 0 Å². The summed E-state index contributed by atoms with van der Waals surface area (Å²) in [5.74, 6) is -0.758. The zero-order valence-corrected chi connectivity index (χ0v) is 23.5. The third kappa shape index (κ3) is 5.52. The summed E-state index contributed by atoms with van der Waals surface area (Å²) < 4.78 is 0. The number of hydrogen-bond donors (Lipinski definition) is 3. The fourth-order valence-corrected chi connectivity index (χ4v) is 6.08. The van der Waals surface area contributed by atoms with Crippen molar-refractivity contribution in [3.05, 3.63) is 0 Å². The van der Waals surface area contributed by atoms with Crippen molar-refractivity contribution in [2.24, 2.45) is 34.5 Å². The molecule has 0 aromatic carbocycles. The third-order valence-corrected chi connectivity index (χ3v) is 9.10. The lowest BCUT2D eigenvalue weighted by Crippen LogP contribution is -2.61.